The van der Waals surface area contributed by atoms with Crippen LogP contribution in [0.4, 0.5) is 11.4 Å². The number of hydrogen-bond donors (Lipinski definition) is 2. The van der Waals surface area contributed by atoms with Gasteiger partial charge >= 0.3 is 0 Å². The van der Waals surface area contributed by atoms with Crippen molar-refractivity contribution in [3.63, 3.8) is 0 Å². The maximum atomic E-state index is 11.9. The lowest BCUT2D eigenvalue weighted by Gasteiger charge is -2.07. The van der Waals surface area contributed by atoms with Crippen LogP contribution in [0.2, 0.25) is 5.02 Å². The average molecular weight is 403 g/mol. The molecular formula is C19H19ClN4O4. The van der Waals surface area contributed by atoms with E-state index in [9.17, 15) is 19.7 Å². The Morgan fingerprint density at radius 1 is 1.11 bits per heavy atom. The Labute approximate surface area is 166 Å². The Kier molecular flexibility index (Phi) is 7.22. The van der Waals surface area contributed by atoms with Gasteiger partial charge < -0.3 is 5.32 Å². The fraction of sp³-hybridized carbons (Fsp3) is 0.211. The second kappa shape index (κ2) is 9.61. The van der Waals surface area contributed by atoms with Gasteiger partial charge in [0.25, 0.3) is 5.69 Å². The first-order valence-corrected chi connectivity index (χ1v) is 8.77. The molecule has 2 amide bonds. The average Bonchev–Trinajstić information content (AvgIpc) is 2.64. The van der Waals surface area contributed by atoms with Crippen LogP contribution in [-0.2, 0) is 9.59 Å². The summed E-state index contributed by atoms with van der Waals surface area (Å²) in [5, 5.41) is 17.3. The van der Waals surface area contributed by atoms with Gasteiger partial charge in [0.2, 0.25) is 11.8 Å². The zero-order valence-electron chi connectivity index (χ0n) is 15.4. The molecule has 2 aromatic carbocycles. The molecule has 2 aromatic rings. The summed E-state index contributed by atoms with van der Waals surface area (Å²) in [7, 11) is 0. The number of benzene rings is 2. The third-order valence-corrected chi connectivity index (χ3v) is 4.26. The number of rotatable bonds is 7. The number of halogens is 1. The van der Waals surface area contributed by atoms with Gasteiger partial charge in [-0.2, -0.15) is 5.10 Å². The number of nitro groups is 1. The Balaban J connectivity index is 1.81. The van der Waals surface area contributed by atoms with Gasteiger partial charge in [0.1, 0.15) is 5.02 Å². The van der Waals surface area contributed by atoms with Crippen molar-refractivity contribution in [2.75, 3.05) is 5.32 Å². The van der Waals surface area contributed by atoms with Gasteiger partial charge in [-0.05, 0) is 43.2 Å². The van der Waals surface area contributed by atoms with E-state index in [0.717, 1.165) is 11.1 Å². The van der Waals surface area contributed by atoms with E-state index in [0.29, 0.717) is 11.3 Å². The van der Waals surface area contributed by atoms with Crippen LogP contribution in [0.3, 0.4) is 0 Å². The Hall–Kier alpha value is -3.26. The standard InChI is InChI=1S/C19H19ClN4O4/c1-12-3-5-15(9-13(12)2)22-18(25)7-8-19(26)23-21-11-14-4-6-16(20)17(10-14)24(27)28/h3-6,9-11H,7-8H2,1-2H3,(H,22,25)(H,23,26)/b21-11+. The third-order valence-electron chi connectivity index (χ3n) is 3.94. The van der Waals surface area contributed by atoms with Crippen molar-refractivity contribution in [2.45, 2.75) is 26.7 Å². The molecule has 8 nitrogen and oxygen atoms in total. The first-order chi connectivity index (χ1) is 13.3. The Morgan fingerprint density at radius 2 is 1.82 bits per heavy atom. The highest BCUT2D eigenvalue weighted by atomic mass is 35.5. The number of aryl methyl sites for hydroxylation is 2. The normalized spacial score (nSPS) is 10.7. The van der Waals surface area contributed by atoms with Crippen LogP contribution in [0.15, 0.2) is 41.5 Å². The molecule has 0 bridgehead atoms. The summed E-state index contributed by atoms with van der Waals surface area (Å²) in [4.78, 5) is 34.0. The predicted octanol–water partition coefficient (Wildman–Crippen LogP) is 3.73. The maximum absolute atomic E-state index is 11.9. The van der Waals surface area contributed by atoms with Crippen molar-refractivity contribution in [1.82, 2.24) is 5.43 Å². The Morgan fingerprint density at radius 3 is 2.50 bits per heavy atom. The van der Waals surface area contributed by atoms with Gasteiger partial charge in [0.05, 0.1) is 11.1 Å². The largest absolute Gasteiger partial charge is 0.326 e. The molecule has 2 rings (SSSR count). The molecule has 0 atom stereocenters. The van der Waals surface area contributed by atoms with Gasteiger partial charge in [0, 0.05) is 30.2 Å². The fourth-order valence-electron chi connectivity index (χ4n) is 2.25. The minimum Gasteiger partial charge on any atom is -0.326 e. The van der Waals surface area contributed by atoms with E-state index >= 15 is 0 Å². The molecule has 0 aromatic heterocycles. The van der Waals surface area contributed by atoms with Crippen molar-refractivity contribution < 1.29 is 14.5 Å². The second-order valence-corrected chi connectivity index (χ2v) is 6.52. The fourth-order valence-corrected chi connectivity index (χ4v) is 2.44. The number of nitrogens with zero attached hydrogens (tertiary/aromatic N) is 2. The highest BCUT2D eigenvalue weighted by Gasteiger charge is 2.12. The molecule has 0 spiro atoms. The molecule has 0 unspecified atom stereocenters. The zero-order chi connectivity index (χ0) is 20.7. The number of hydrogen-bond acceptors (Lipinski definition) is 5. The van der Waals surface area contributed by atoms with Gasteiger partial charge in [-0.1, -0.05) is 23.7 Å². The van der Waals surface area contributed by atoms with E-state index in [-0.39, 0.29) is 29.5 Å². The van der Waals surface area contributed by atoms with E-state index in [1.54, 1.807) is 6.07 Å². The van der Waals surface area contributed by atoms with E-state index < -0.39 is 10.8 Å². The SMILES string of the molecule is Cc1ccc(NC(=O)CCC(=O)N/N=C/c2ccc(Cl)c([N+](=O)[O-])c2)cc1C. The number of carbonyl (C=O) groups excluding carboxylic acids is 2. The van der Waals surface area contributed by atoms with Crippen molar-refractivity contribution in [3.8, 4) is 0 Å². The number of nitrogens with one attached hydrogen (secondary N) is 2. The van der Waals surface area contributed by atoms with Gasteiger partial charge in [-0.3, -0.25) is 19.7 Å². The lowest BCUT2D eigenvalue weighted by molar-refractivity contribution is -0.384. The quantitative estimate of drug-likeness (QED) is 0.417. The summed E-state index contributed by atoms with van der Waals surface area (Å²) in [6.07, 6.45) is 1.21. The summed E-state index contributed by atoms with van der Waals surface area (Å²) < 4.78 is 0. The van der Waals surface area contributed by atoms with Crippen LogP contribution < -0.4 is 10.7 Å². The molecule has 0 fully saturated rings. The van der Waals surface area contributed by atoms with Crippen LogP contribution in [0, 0.1) is 24.0 Å². The molecule has 0 radical (unpaired) electrons. The molecule has 28 heavy (non-hydrogen) atoms. The topological polar surface area (TPSA) is 114 Å². The summed E-state index contributed by atoms with van der Waals surface area (Å²) in [6, 6.07) is 9.73. The minimum absolute atomic E-state index is 0.000689. The van der Waals surface area contributed by atoms with Crippen molar-refractivity contribution in [3.05, 3.63) is 68.2 Å². The molecule has 146 valence electrons. The molecule has 0 heterocycles. The van der Waals surface area contributed by atoms with E-state index in [1.165, 1.54) is 24.4 Å². The third kappa shape index (κ3) is 6.17. The second-order valence-electron chi connectivity index (χ2n) is 6.11. The van der Waals surface area contributed by atoms with Crippen LogP contribution in [0.25, 0.3) is 0 Å². The molecule has 0 aliphatic carbocycles. The van der Waals surface area contributed by atoms with Crippen molar-refractivity contribution >= 4 is 41.0 Å². The first kappa shape index (κ1) is 21.0. The lowest BCUT2D eigenvalue weighted by Crippen LogP contribution is -2.20. The molecular weight excluding hydrogens is 384 g/mol. The van der Waals surface area contributed by atoms with Crippen molar-refractivity contribution in [2.24, 2.45) is 5.10 Å². The molecule has 0 aliphatic heterocycles. The van der Waals surface area contributed by atoms with Crippen LogP contribution in [0.5, 0.6) is 0 Å². The van der Waals surface area contributed by atoms with Gasteiger partial charge in [-0.25, -0.2) is 5.43 Å². The van der Waals surface area contributed by atoms with Crippen LogP contribution in [-0.4, -0.2) is 23.0 Å². The summed E-state index contributed by atoms with van der Waals surface area (Å²) in [5.41, 5.74) is 5.30. The maximum Gasteiger partial charge on any atom is 0.288 e. The molecule has 9 heteroatoms. The van der Waals surface area contributed by atoms with Gasteiger partial charge in [-0.15, -0.1) is 0 Å². The minimum atomic E-state index is -0.605. The predicted molar refractivity (Wildman–Crippen MR) is 108 cm³/mol. The van der Waals surface area contributed by atoms with Crippen LogP contribution >= 0.6 is 11.6 Å². The number of carbonyl (C=O) groups is 2. The number of nitro benzene ring substituents is 1. The zero-order valence-corrected chi connectivity index (χ0v) is 16.1. The first-order valence-electron chi connectivity index (χ1n) is 8.39. The molecule has 0 saturated carbocycles. The monoisotopic (exact) mass is 402 g/mol. The molecule has 0 saturated heterocycles. The van der Waals surface area contributed by atoms with Crippen molar-refractivity contribution in [1.29, 1.82) is 0 Å². The van der Waals surface area contributed by atoms with Gasteiger partial charge in [0.15, 0.2) is 0 Å². The summed E-state index contributed by atoms with van der Waals surface area (Å²) >= 11 is 5.73. The smallest absolute Gasteiger partial charge is 0.288 e. The lowest BCUT2D eigenvalue weighted by atomic mass is 10.1. The van der Waals surface area contributed by atoms with E-state index in [1.807, 2.05) is 26.0 Å². The highest BCUT2D eigenvalue weighted by Crippen LogP contribution is 2.24. The number of amides is 2. The highest BCUT2D eigenvalue weighted by molar-refractivity contribution is 6.32. The molecule has 2 N–H and O–H groups in total. The van der Waals surface area contributed by atoms with E-state index in [4.69, 9.17) is 11.6 Å². The number of anilines is 1. The Bertz CT molecular complexity index is 944. The summed E-state index contributed by atoms with van der Waals surface area (Å²) in [6.45, 7) is 3.93. The summed E-state index contributed by atoms with van der Waals surface area (Å²) in [5.74, 6) is -0.731. The van der Waals surface area contributed by atoms with Crippen LogP contribution in [0.1, 0.15) is 29.5 Å². The van der Waals surface area contributed by atoms with E-state index in [2.05, 4.69) is 15.8 Å². The molecule has 0 aliphatic rings. The number of hydrazone groups is 1.